The van der Waals surface area contributed by atoms with E-state index in [0.29, 0.717) is 6.42 Å². The van der Waals surface area contributed by atoms with Gasteiger partial charge >= 0.3 is 0 Å². The van der Waals surface area contributed by atoms with Crippen molar-refractivity contribution < 1.29 is 19.5 Å². The van der Waals surface area contributed by atoms with Crippen molar-refractivity contribution in [2.24, 2.45) is 5.73 Å². The summed E-state index contributed by atoms with van der Waals surface area (Å²) in [6.45, 7) is 6.81. The molecule has 2 rings (SSSR count). The molecular weight excluding hydrogens is 460 g/mol. The van der Waals surface area contributed by atoms with Gasteiger partial charge in [-0.2, -0.15) is 0 Å². The molecule has 8 N–H and O–H groups in total. The third-order valence-corrected chi connectivity index (χ3v) is 5.74. The van der Waals surface area contributed by atoms with Crippen molar-refractivity contribution in [3.8, 4) is 5.75 Å². The number of phenols is 1. The maximum absolute atomic E-state index is 13.0. The van der Waals surface area contributed by atoms with Crippen molar-refractivity contribution in [1.29, 1.82) is 5.41 Å². The Hall–Kier alpha value is -4.08. The second-order valence-electron chi connectivity index (χ2n) is 8.94. The van der Waals surface area contributed by atoms with Crippen LogP contribution in [-0.2, 0) is 27.2 Å². The zero-order valence-electron chi connectivity index (χ0n) is 21.1. The van der Waals surface area contributed by atoms with Crippen LogP contribution in [-0.4, -0.2) is 53.5 Å². The molecule has 10 nitrogen and oxygen atoms in total. The van der Waals surface area contributed by atoms with E-state index in [1.807, 2.05) is 44.2 Å². The van der Waals surface area contributed by atoms with Gasteiger partial charge in [-0.1, -0.05) is 30.3 Å². The van der Waals surface area contributed by atoms with E-state index in [2.05, 4.69) is 21.3 Å². The van der Waals surface area contributed by atoms with Crippen LogP contribution in [0.2, 0.25) is 0 Å². The molecule has 2 aromatic rings. The second-order valence-corrected chi connectivity index (χ2v) is 8.94. The molecule has 0 bridgehead atoms. The summed E-state index contributed by atoms with van der Waals surface area (Å²) in [4.78, 5) is 37.3. The molecule has 10 heteroatoms. The molecule has 0 saturated heterocycles. The van der Waals surface area contributed by atoms with E-state index in [-0.39, 0.29) is 36.6 Å². The van der Waals surface area contributed by atoms with Gasteiger partial charge in [0.2, 0.25) is 17.7 Å². The lowest BCUT2D eigenvalue weighted by atomic mass is 9.95. The summed E-state index contributed by atoms with van der Waals surface area (Å²) in [7, 11) is 0. The van der Waals surface area contributed by atoms with Crippen LogP contribution in [0, 0.1) is 19.3 Å². The normalized spacial score (nSPS) is 13.1. The molecule has 36 heavy (non-hydrogen) atoms. The van der Waals surface area contributed by atoms with Crippen molar-refractivity contribution in [3.05, 3.63) is 64.7 Å². The van der Waals surface area contributed by atoms with Crippen molar-refractivity contribution >= 4 is 23.7 Å². The first-order chi connectivity index (χ1) is 17.0. The Labute approximate surface area is 211 Å². The van der Waals surface area contributed by atoms with E-state index < -0.39 is 23.9 Å². The van der Waals surface area contributed by atoms with Crippen LogP contribution in [0.3, 0.4) is 0 Å². The Morgan fingerprint density at radius 3 is 2.14 bits per heavy atom. The van der Waals surface area contributed by atoms with Gasteiger partial charge in [-0.05, 0) is 61.6 Å². The van der Waals surface area contributed by atoms with Crippen LogP contribution in [0.1, 0.15) is 36.1 Å². The van der Waals surface area contributed by atoms with Gasteiger partial charge in [-0.3, -0.25) is 19.8 Å². The fraction of sp³-hybridized carbons (Fsp3) is 0.385. The second kappa shape index (κ2) is 13.1. The molecule has 3 amide bonds. The number of phenolic OH excluding ortho intramolecular Hbond substituents is 1. The number of nitrogens with one attached hydrogen (secondary N) is 5. The monoisotopic (exact) mass is 496 g/mol. The van der Waals surface area contributed by atoms with E-state index >= 15 is 0 Å². The highest BCUT2D eigenvalue weighted by Gasteiger charge is 2.25. The van der Waals surface area contributed by atoms with Crippen molar-refractivity contribution in [1.82, 2.24) is 21.3 Å². The number of aryl methyl sites for hydroxylation is 2. The summed E-state index contributed by atoms with van der Waals surface area (Å²) in [6.07, 6.45) is 0.747. The van der Waals surface area contributed by atoms with Crippen molar-refractivity contribution in [2.45, 2.75) is 58.7 Å². The first-order valence-corrected chi connectivity index (χ1v) is 11.7. The SMILES string of the molecule is CC(=O)N[C@H](CNC(=O)[C@@H](C)NC(=O)[C@H](Cc1c(C)cc(O)cc1C)NC(=N)N)Cc1ccccc1. The Morgan fingerprint density at radius 2 is 1.58 bits per heavy atom. The number of carbonyl (C=O) groups excluding carboxylic acids is 3. The highest BCUT2D eigenvalue weighted by molar-refractivity contribution is 5.92. The van der Waals surface area contributed by atoms with Crippen LogP contribution < -0.4 is 27.0 Å². The number of benzene rings is 2. The molecule has 0 radical (unpaired) electrons. The lowest BCUT2D eigenvalue weighted by Crippen LogP contribution is -2.55. The fourth-order valence-corrected chi connectivity index (χ4v) is 4.01. The van der Waals surface area contributed by atoms with Crippen LogP contribution in [0.25, 0.3) is 0 Å². The number of amides is 3. The number of hydrogen-bond donors (Lipinski definition) is 7. The molecule has 0 heterocycles. The Balaban J connectivity index is 2.02. The van der Waals surface area contributed by atoms with E-state index in [1.54, 1.807) is 19.1 Å². The van der Waals surface area contributed by atoms with Crippen LogP contribution in [0.5, 0.6) is 5.75 Å². The molecule has 3 atom stereocenters. The van der Waals surface area contributed by atoms with Gasteiger partial charge in [0.1, 0.15) is 17.8 Å². The molecule has 0 unspecified atom stereocenters. The maximum atomic E-state index is 13.0. The summed E-state index contributed by atoms with van der Waals surface area (Å²) in [6, 6.07) is 10.7. The molecule has 0 aliphatic carbocycles. The van der Waals surface area contributed by atoms with Gasteiger partial charge in [-0.15, -0.1) is 0 Å². The van der Waals surface area contributed by atoms with Crippen LogP contribution >= 0.6 is 0 Å². The average Bonchev–Trinajstić information content (AvgIpc) is 2.78. The summed E-state index contributed by atoms with van der Waals surface area (Å²) in [5.74, 6) is -1.36. The standard InChI is InChI=1S/C26H36N6O4/c1-15-10-21(34)11-16(2)22(15)13-23(32-26(27)28)25(36)30-17(3)24(35)29-14-20(31-18(4)33)12-19-8-6-5-7-9-19/h5-11,17,20,23,34H,12-14H2,1-4H3,(H,29,35)(H,30,36)(H,31,33)(H4,27,28,32)/t17-,20+,23+/m1/s1. The molecule has 0 aromatic heterocycles. The molecule has 0 spiro atoms. The molecule has 194 valence electrons. The first-order valence-electron chi connectivity index (χ1n) is 11.7. The average molecular weight is 497 g/mol. The number of aromatic hydroxyl groups is 1. The number of guanidine groups is 1. The highest BCUT2D eigenvalue weighted by atomic mass is 16.3. The summed E-state index contributed by atoms with van der Waals surface area (Å²) < 4.78 is 0. The summed E-state index contributed by atoms with van der Waals surface area (Å²) >= 11 is 0. The Morgan fingerprint density at radius 1 is 0.972 bits per heavy atom. The van der Waals surface area contributed by atoms with E-state index in [9.17, 15) is 19.5 Å². The minimum atomic E-state index is -0.898. The summed E-state index contributed by atoms with van der Waals surface area (Å²) in [5, 5.41) is 28.3. The molecule has 0 saturated carbocycles. The summed E-state index contributed by atoms with van der Waals surface area (Å²) in [5.41, 5.74) is 8.94. The van der Waals surface area contributed by atoms with Gasteiger partial charge < -0.3 is 32.1 Å². The predicted molar refractivity (Wildman–Crippen MR) is 138 cm³/mol. The van der Waals surface area contributed by atoms with E-state index in [4.69, 9.17) is 11.1 Å². The predicted octanol–water partition coefficient (Wildman–Crippen LogP) is 0.772. The lowest BCUT2D eigenvalue weighted by molar-refractivity contribution is -0.129. The molecule has 0 fully saturated rings. The Kier molecular flexibility index (Phi) is 10.3. The minimum absolute atomic E-state index is 0.129. The number of nitrogens with two attached hydrogens (primary N) is 1. The first kappa shape index (κ1) is 28.2. The molecule has 0 aliphatic heterocycles. The molecule has 2 aromatic carbocycles. The van der Waals surface area contributed by atoms with Crippen LogP contribution in [0.4, 0.5) is 0 Å². The lowest BCUT2D eigenvalue weighted by Gasteiger charge is -2.24. The number of carbonyl (C=O) groups is 3. The number of hydrogen-bond acceptors (Lipinski definition) is 5. The zero-order chi connectivity index (χ0) is 26.8. The van der Waals surface area contributed by atoms with E-state index in [1.165, 1.54) is 6.92 Å². The van der Waals surface area contributed by atoms with Crippen molar-refractivity contribution in [3.63, 3.8) is 0 Å². The molecule has 0 aliphatic rings. The van der Waals surface area contributed by atoms with Gasteiger partial charge in [0, 0.05) is 19.9 Å². The third-order valence-electron chi connectivity index (χ3n) is 5.74. The van der Waals surface area contributed by atoms with Gasteiger partial charge in [0.15, 0.2) is 5.96 Å². The molecular formula is C26H36N6O4. The van der Waals surface area contributed by atoms with Crippen molar-refractivity contribution in [2.75, 3.05) is 6.54 Å². The highest BCUT2D eigenvalue weighted by Crippen LogP contribution is 2.22. The Bertz CT molecular complexity index is 1070. The van der Waals surface area contributed by atoms with E-state index in [0.717, 1.165) is 22.3 Å². The third kappa shape index (κ3) is 8.94. The maximum Gasteiger partial charge on any atom is 0.243 e. The largest absolute Gasteiger partial charge is 0.508 e. The van der Waals surface area contributed by atoms with Gasteiger partial charge in [0.25, 0.3) is 0 Å². The van der Waals surface area contributed by atoms with Gasteiger partial charge in [-0.25, -0.2) is 0 Å². The number of rotatable bonds is 11. The van der Waals surface area contributed by atoms with Crippen LogP contribution in [0.15, 0.2) is 42.5 Å². The zero-order valence-corrected chi connectivity index (χ0v) is 21.1. The fourth-order valence-electron chi connectivity index (χ4n) is 4.01. The smallest absolute Gasteiger partial charge is 0.243 e. The quantitative estimate of drug-likeness (QED) is 0.179. The minimum Gasteiger partial charge on any atom is -0.508 e. The topological polar surface area (TPSA) is 169 Å². The van der Waals surface area contributed by atoms with Gasteiger partial charge in [0.05, 0.1) is 6.04 Å².